The average Bonchev–Trinajstić information content (AvgIpc) is 2.98. The first-order valence-electron chi connectivity index (χ1n) is 6.88. The second-order valence-electron chi connectivity index (χ2n) is 6.04. The first-order valence-corrected chi connectivity index (χ1v) is 6.88. The number of rotatable bonds is 9. The van der Waals surface area contributed by atoms with Crippen molar-refractivity contribution in [3.63, 3.8) is 0 Å². The quantitative estimate of drug-likeness (QED) is 0.654. The summed E-state index contributed by atoms with van der Waals surface area (Å²) in [6.45, 7) is 13.2. The Balaban J connectivity index is 2.07. The van der Waals surface area contributed by atoms with Crippen LogP contribution in [0.5, 0.6) is 0 Å². The summed E-state index contributed by atoms with van der Waals surface area (Å²) >= 11 is 0. The zero-order chi connectivity index (χ0) is 12.0. The third kappa shape index (κ3) is 6.49. The van der Waals surface area contributed by atoms with Gasteiger partial charge in [0, 0.05) is 13.2 Å². The lowest BCUT2D eigenvalue weighted by molar-refractivity contribution is 0.0753. The van der Waals surface area contributed by atoms with Crippen LogP contribution in [0.4, 0.5) is 0 Å². The minimum Gasteiger partial charge on any atom is -0.381 e. The van der Waals surface area contributed by atoms with Gasteiger partial charge in [0.25, 0.3) is 0 Å². The highest BCUT2D eigenvalue weighted by molar-refractivity contribution is 4.73. The molecule has 0 saturated heterocycles. The number of hydrogen-bond acceptors (Lipinski definition) is 2. The summed E-state index contributed by atoms with van der Waals surface area (Å²) in [6, 6.07) is 0. The third-order valence-electron chi connectivity index (χ3n) is 3.28. The van der Waals surface area contributed by atoms with Crippen LogP contribution in [0, 0.1) is 23.7 Å². The average molecular weight is 227 g/mol. The fourth-order valence-corrected chi connectivity index (χ4v) is 1.72. The normalized spacial score (nSPS) is 18.4. The first-order chi connectivity index (χ1) is 7.59. The molecule has 1 aliphatic carbocycles. The summed E-state index contributed by atoms with van der Waals surface area (Å²) in [5.74, 6) is 2.99. The Morgan fingerprint density at radius 2 is 1.81 bits per heavy atom. The van der Waals surface area contributed by atoms with E-state index in [0.29, 0.717) is 11.8 Å². The van der Waals surface area contributed by atoms with Gasteiger partial charge in [0.05, 0.1) is 6.61 Å². The van der Waals surface area contributed by atoms with E-state index in [0.717, 1.165) is 38.1 Å². The van der Waals surface area contributed by atoms with Crippen LogP contribution in [-0.4, -0.2) is 26.3 Å². The van der Waals surface area contributed by atoms with Crippen molar-refractivity contribution in [1.82, 2.24) is 5.32 Å². The van der Waals surface area contributed by atoms with E-state index >= 15 is 0 Å². The van der Waals surface area contributed by atoms with Crippen LogP contribution < -0.4 is 5.32 Å². The van der Waals surface area contributed by atoms with Gasteiger partial charge in [-0.3, -0.25) is 0 Å². The Hall–Kier alpha value is -0.0800. The number of hydrogen-bond donors (Lipinski definition) is 1. The van der Waals surface area contributed by atoms with E-state index in [2.05, 4.69) is 33.0 Å². The van der Waals surface area contributed by atoms with Crippen molar-refractivity contribution in [2.45, 2.75) is 40.5 Å². The van der Waals surface area contributed by atoms with Crippen LogP contribution in [0.1, 0.15) is 40.5 Å². The maximum absolute atomic E-state index is 5.80. The molecular formula is C14H29NO. The van der Waals surface area contributed by atoms with Crippen molar-refractivity contribution < 1.29 is 4.74 Å². The lowest BCUT2D eigenvalue weighted by atomic mass is 9.96. The Morgan fingerprint density at radius 3 is 2.31 bits per heavy atom. The summed E-state index contributed by atoms with van der Waals surface area (Å²) in [4.78, 5) is 0. The zero-order valence-electron chi connectivity index (χ0n) is 11.5. The second-order valence-corrected chi connectivity index (χ2v) is 6.04. The van der Waals surface area contributed by atoms with Gasteiger partial charge in [-0.25, -0.2) is 0 Å². The molecule has 0 spiro atoms. The van der Waals surface area contributed by atoms with E-state index in [1.165, 1.54) is 12.8 Å². The smallest absolute Gasteiger partial charge is 0.0509 e. The van der Waals surface area contributed by atoms with Gasteiger partial charge < -0.3 is 10.1 Å². The van der Waals surface area contributed by atoms with Crippen LogP contribution in [0.15, 0.2) is 0 Å². The molecule has 1 saturated carbocycles. The van der Waals surface area contributed by atoms with Crippen molar-refractivity contribution in [3.8, 4) is 0 Å². The van der Waals surface area contributed by atoms with E-state index in [9.17, 15) is 0 Å². The molecule has 0 aromatic rings. The molecular weight excluding hydrogens is 198 g/mol. The van der Waals surface area contributed by atoms with Crippen LogP contribution in [0.2, 0.25) is 0 Å². The molecule has 2 heteroatoms. The fraction of sp³-hybridized carbons (Fsp3) is 1.00. The molecule has 1 N–H and O–H groups in total. The van der Waals surface area contributed by atoms with E-state index in [1.807, 2.05) is 0 Å². The van der Waals surface area contributed by atoms with Crippen LogP contribution >= 0.6 is 0 Å². The standard InChI is InChI=1S/C14H29NO/c1-11(2)7-15-8-14(12(3)4)10-16-9-13-5-6-13/h11-15H,5-10H2,1-4H3. The van der Waals surface area contributed by atoms with Gasteiger partial charge in [0.2, 0.25) is 0 Å². The molecule has 0 amide bonds. The molecule has 0 heterocycles. The fourth-order valence-electron chi connectivity index (χ4n) is 1.72. The molecule has 0 aromatic heterocycles. The van der Waals surface area contributed by atoms with Crippen molar-refractivity contribution in [1.29, 1.82) is 0 Å². The minimum atomic E-state index is 0.664. The van der Waals surface area contributed by atoms with Crippen molar-refractivity contribution >= 4 is 0 Å². The largest absolute Gasteiger partial charge is 0.381 e. The summed E-state index contributed by atoms with van der Waals surface area (Å²) in [7, 11) is 0. The molecule has 1 aliphatic rings. The Labute approximate surface area is 101 Å². The second kappa shape index (κ2) is 7.29. The monoisotopic (exact) mass is 227 g/mol. The van der Waals surface area contributed by atoms with Gasteiger partial charge in [-0.2, -0.15) is 0 Å². The molecule has 1 fully saturated rings. The van der Waals surface area contributed by atoms with Crippen molar-refractivity contribution in [2.75, 3.05) is 26.3 Å². The molecule has 0 bridgehead atoms. The lowest BCUT2D eigenvalue weighted by Crippen LogP contribution is -2.32. The van der Waals surface area contributed by atoms with Crippen LogP contribution in [-0.2, 0) is 4.74 Å². The summed E-state index contributed by atoms with van der Waals surface area (Å²) in [5, 5.41) is 3.54. The predicted molar refractivity (Wildman–Crippen MR) is 69.6 cm³/mol. The Morgan fingerprint density at radius 1 is 1.12 bits per heavy atom. The first kappa shape index (κ1) is 14.0. The molecule has 0 radical (unpaired) electrons. The third-order valence-corrected chi connectivity index (χ3v) is 3.28. The zero-order valence-corrected chi connectivity index (χ0v) is 11.5. The number of ether oxygens (including phenoxy) is 1. The Bertz CT molecular complexity index is 168. The molecule has 2 nitrogen and oxygen atoms in total. The van der Waals surface area contributed by atoms with E-state index in [-0.39, 0.29) is 0 Å². The summed E-state index contributed by atoms with van der Waals surface area (Å²) in [5.41, 5.74) is 0. The lowest BCUT2D eigenvalue weighted by Gasteiger charge is -2.22. The molecule has 0 aliphatic heterocycles. The molecule has 1 rings (SSSR count). The molecule has 0 aromatic carbocycles. The van der Waals surface area contributed by atoms with Gasteiger partial charge in [-0.1, -0.05) is 27.7 Å². The van der Waals surface area contributed by atoms with Gasteiger partial charge in [-0.05, 0) is 43.1 Å². The topological polar surface area (TPSA) is 21.3 Å². The van der Waals surface area contributed by atoms with E-state index < -0.39 is 0 Å². The van der Waals surface area contributed by atoms with Crippen LogP contribution in [0.3, 0.4) is 0 Å². The maximum Gasteiger partial charge on any atom is 0.0509 e. The van der Waals surface area contributed by atoms with Crippen molar-refractivity contribution in [3.05, 3.63) is 0 Å². The Kier molecular flexibility index (Phi) is 6.37. The molecule has 96 valence electrons. The highest BCUT2D eigenvalue weighted by Gasteiger charge is 2.22. The minimum absolute atomic E-state index is 0.664. The van der Waals surface area contributed by atoms with Gasteiger partial charge in [-0.15, -0.1) is 0 Å². The van der Waals surface area contributed by atoms with Gasteiger partial charge in [0.15, 0.2) is 0 Å². The van der Waals surface area contributed by atoms with Gasteiger partial charge in [0.1, 0.15) is 0 Å². The molecule has 1 atom stereocenters. The highest BCUT2D eigenvalue weighted by Crippen LogP contribution is 2.29. The van der Waals surface area contributed by atoms with Crippen molar-refractivity contribution in [2.24, 2.45) is 23.7 Å². The number of nitrogens with one attached hydrogen (secondary N) is 1. The highest BCUT2D eigenvalue weighted by atomic mass is 16.5. The summed E-state index contributed by atoms with van der Waals surface area (Å²) < 4.78 is 5.80. The van der Waals surface area contributed by atoms with E-state index in [1.54, 1.807) is 0 Å². The maximum atomic E-state index is 5.80. The van der Waals surface area contributed by atoms with E-state index in [4.69, 9.17) is 4.74 Å². The van der Waals surface area contributed by atoms with Gasteiger partial charge >= 0.3 is 0 Å². The molecule has 1 unspecified atom stereocenters. The van der Waals surface area contributed by atoms with Crippen LogP contribution in [0.25, 0.3) is 0 Å². The summed E-state index contributed by atoms with van der Waals surface area (Å²) in [6.07, 6.45) is 2.77. The predicted octanol–water partition coefficient (Wildman–Crippen LogP) is 2.93. The molecule has 16 heavy (non-hydrogen) atoms. The SMILES string of the molecule is CC(C)CNCC(COCC1CC1)C(C)C.